The van der Waals surface area contributed by atoms with Crippen molar-refractivity contribution in [2.24, 2.45) is 5.92 Å². The Morgan fingerprint density at radius 1 is 1.45 bits per heavy atom. The van der Waals surface area contributed by atoms with Crippen LogP contribution in [0.3, 0.4) is 0 Å². The third kappa shape index (κ3) is 4.35. The normalized spacial score (nSPS) is 18.2. The SMILES string of the molecule is COCCN(CC1CC=CCC1)c1cc(Cl)nc(N)n1. The average molecular weight is 297 g/mol. The molecule has 0 saturated carbocycles. The maximum Gasteiger partial charge on any atom is 0.223 e. The van der Waals surface area contributed by atoms with Gasteiger partial charge < -0.3 is 15.4 Å². The van der Waals surface area contributed by atoms with E-state index in [9.17, 15) is 0 Å². The van der Waals surface area contributed by atoms with E-state index in [0.717, 1.165) is 31.7 Å². The lowest BCUT2D eigenvalue weighted by molar-refractivity contribution is 0.203. The van der Waals surface area contributed by atoms with Gasteiger partial charge in [-0.3, -0.25) is 0 Å². The van der Waals surface area contributed by atoms with Crippen LogP contribution in [0.25, 0.3) is 0 Å². The maximum absolute atomic E-state index is 5.97. The summed E-state index contributed by atoms with van der Waals surface area (Å²) in [5, 5.41) is 0.374. The molecule has 0 aromatic carbocycles. The van der Waals surface area contributed by atoms with E-state index in [1.807, 2.05) is 0 Å². The Balaban J connectivity index is 2.10. The number of ether oxygens (including phenoxy) is 1. The first-order valence-electron chi connectivity index (χ1n) is 6.88. The number of hydrogen-bond acceptors (Lipinski definition) is 5. The topological polar surface area (TPSA) is 64.3 Å². The van der Waals surface area contributed by atoms with Gasteiger partial charge in [0.1, 0.15) is 11.0 Å². The summed E-state index contributed by atoms with van der Waals surface area (Å²) in [4.78, 5) is 10.4. The van der Waals surface area contributed by atoms with Crippen LogP contribution in [-0.2, 0) is 4.74 Å². The molecular formula is C14H21ClN4O. The van der Waals surface area contributed by atoms with Crippen LogP contribution in [0.1, 0.15) is 19.3 Å². The van der Waals surface area contributed by atoms with Crippen LogP contribution in [0.5, 0.6) is 0 Å². The molecule has 0 saturated heterocycles. The van der Waals surface area contributed by atoms with Crippen molar-refractivity contribution in [1.82, 2.24) is 9.97 Å². The molecule has 0 aliphatic heterocycles. The molecule has 1 aliphatic rings. The van der Waals surface area contributed by atoms with Gasteiger partial charge in [0.15, 0.2) is 0 Å². The number of allylic oxidation sites excluding steroid dienone is 2. The first kappa shape index (κ1) is 15.1. The van der Waals surface area contributed by atoms with Gasteiger partial charge in [-0.25, -0.2) is 4.98 Å². The van der Waals surface area contributed by atoms with Crippen molar-refractivity contribution in [3.8, 4) is 0 Å². The summed E-state index contributed by atoms with van der Waals surface area (Å²) in [5.41, 5.74) is 5.68. The highest BCUT2D eigenvalue weighted by molar-refractivity contribution is 6.29. The summed E-state index contributed by atoms with van der Waals surface area (Å²) < 4.78 is 5.18. The molecule has 20 heavy (non-hydrogen) atoms. The van der Waals surface area contributed by atoms with Gasteiger partial charge in [0, 0.05) is 26.3 Å². The van der Waals surface area contributed by atoms with Gasteiger partial charge >= 0.3 is 0 Å². The van der Waals surface area contributed by atoms with Crippen LogP contribution in [0, 0.1) is 5.92 Å². The zero-order chi connectivity index (χ0) is 14.4. The van der Waals surface area contributed by atoms with Gasteiger partial charge in [-0.2, -0.15) is 4.98 Å². The third-order valence-electron chi connectivity index (χ3n) is 3.44. The smallest absolute Gasteiger partial charge is 0.223 e. The number of anilines is 2. The predicted molar refractivity (Wildman–Crippen MR) is 82.0 cm³/mol. The van der Waals surface area contributed by atoms with E-state index >= 15 is 0 Å². The van der Waals surface area contributed by atoms with Gasteiger partial charge in [-0.1, -0.05) is 23.8 Å². The molecule has 1 aliphatic carbocycles. The minimum absolute atomic E-state index is 0.207. The third-order valence-corrected chi connectivity index (χ3v) is 3.64. The van der Waals surface area contributed by atoms with Crippen molar-refractivity contribution in [2.45, 2.75) is 19.3 Å². The molecule has 1 aromatic rings. The van der Waals surface area contributed by atoms with Gasteiger partial charge in [0.05, 0.1) is 6.61 Å². The van der Waals surface area contributed by atoms with Gasteiger partial charge in [-0.15, -0.1) is 0 Å². The molecule has 1 heterocycles. The molecule has 2 rings (SSSR count). The molecule has 2 N–H and O–H groups in total. The highest BCUT2D eigenvalue weighted by atomic mass is 35.5. The second kappa shape index (κ2) is 7.45. The van der Waals surface area contributed by atoms with Crippen molar-refractivity contribution in [3.63, 3.8) is 0 Å². The molecule has 0 radical (unpaired) electrons. The largest absolute Gasteiger partial charge is 0.383 e. The van der Waals surface area contributed by atoms with E-state index in [1.165, 1.54) is 6.42 Å². The summed E-state index contributed by atoms with van der Waals surface area (Å²) in [5.74, 6) is 1.61. The molecule has 0 amide bonds. The van der Waals surface area contributed by atoms with Crippen LogP contribution in [0.2, 0.25) is 5.15 Å². The molecule has 1 unspecified atom stereocenters. The molecule has 110 valence electrons. The lowest BCUT2D eigenvalue weighted by atomic mass is 9.94. The quantitative estimate of drug-likeness (QED) is 0.645. The zero-order valence-electron chi connectivity index (χ0n) is 11.8. The van der Waals surface area contributed by atoms with Crippen molar-refractivity contribution in [1.29, 1.82) is 0 Å². The first-order valence-corrected chi connectivity index (χ1v) is 7.25. The van der Waals surface area contributed by atoms with Crippen LogP contribution in [-0.4, -0.2) is 36.8 Å². The van der Waals surface area contributed by atoms with E-state index in [4.69, 9.17) is 22.1 Å². The fourth-order valence-electron chi connectivity index (χ4n) is 2.42. The van der Waals surface area contributed by atoms with Crippen LogP contribution in [0.4, 0.5) is 11.8 Å². The summed E-state index contributed by atoms with van der Waals surface area (Å²) in [6.45, 7) is 2.34. The Hall–Kier alpha value is -1.33. The Morgan fingerprint density at radius 3 is 2.95 bits per heavy atom. The van der Waals surface area contributed by atoms with Crippen molar-refractivity contribution in [2.75, 3.05) is 37.4 Å². The second-order valence-corrected chi connectivity index (χ2v) is 5.38. The highest BCUT2D eigenvalue weighted by Gasteiger charge is 2.17. The summed E-state index contributed by atoms with van der Waals surface area (Å²) in [7, 11) is 1.70. The number of halogens is 1. The number of nitrogen functional groups attached to an aromatic ring is 1. The van der Waals surface area contributed by atoms with Crippen LogP contribution >= 0.6 is 11.6 Å². The summed E-state index contributed by atoms with van der Waals surface area (Å²) >= 11 is 5.97. The molecular weight excluding hydrogens is 276 g/mol. The Bertz CT molecular complexity index is 446. The van der Waals surface area contributed by atoms with Crippen molar-refractivity contribution >= 4 is 23.4 Å². The van der Waals surface area contributed by atoms with Gasteiger partial charge in [-0.05, 0) is 25.2 Å². The average Bonchev–Trinajstić information content (AvgIpc) is 2.43. The minimum atomic E-state index is 0.207. The molecule has 5 nitrogen and oxygen atoms in total. The van der Waals surface area contributed by atoms with E-state index in [2.05, 4.69) is 27.0 Å². The minimum Gasteiger partial charge on any atom is -0.383 e. The lowest BCUT2D eigenvalue weighted by Crippen LogP contribution is -2.33. The fraction of sp³-hybridized carbons (Fsp3) is 0.571. The monoisotopic (exact) mass is 296 g/mol. The number of nitrogens with two attached hydrogens (primary N) is 1. The summed E-state index contributed by atoms with van der Waals surface area (Å²) in [6.07, 6.45) is 7.96. The van der Waals surface area contributed by atoms with E-state index in [-0.39, 0.29) is 5.95 Å². The van der Waals surface area contributed by atoms with Gasteiger partial charge in [0.25, 0.3) is 0 Å². The van der Waals surface area contributed by atoms with Crippen LogP contribution < -0.4 is 10.6 Å². The number of rotatable bonds is 6. The number of hydrogen-bond donors (Lipinski definition) is 1. The van der Waals surface area contributed by atoms with Crippen LogP contribution in [0.15, 0.2) is 18.2 Å². The zero-order valence-corrected chi connectivity index (χ0v) is 12.5. The maximum atomic E-state index is 5.97. The standard InChI is InChI=1S/C14H21ClN4O/c1-20-8-7-19(10-11-5-3-2-4-6-11)13-9-12(15)17-14(16)18-13/h2-3,9,11H,4-8,10H2,1H3,(H2,16,17,18). The Morgan fingerprint density at radius 2 is 2.30 bits per heavy atom. The molecule has 1 aromatic heterocycles. The number of methoxy groups -OCH3 is 1. The molecule has 0 spiro atoms. The van der Waals surface area contributed by atoms with E-state index in [0.29, 0.717) is 17.7 Å². The molecule has 1 atom stereocenters. The highest BCUT2D eigenvalue weighted by Crippen LogP contribution is 2.23. The van der Waals surface area contributed by atoms with Crippen molar-refractivity contribution < 1.29 is 4.74 Å². The fourth-order valence-corrected chi connectivity index (χ4v) is 2.60. The van der Waals surface area contributed by atoms with E-state index in [1.54, 1.807) is 13.2 Å². The summed E-state index contributed by atoms with van der Waals surface area (Å²) in [6, 6.07) is 1.76. The lowest BCUT2D eigenvalue weighted by Gasteiger charge is -2.29. The molecule has 6 heteroatoms. The second-order valence-electron chi connectivity index (χ2n) is 5.00. The number of nitrogens with zero attached hydrogens (tertiary/aromatic N) is 3. The first-order chi connectivity index (χ1) is 9.69. The van der Waals surface area contributed by atoms with Crippen molar-refractivity contribution in [3.05, 3.63) is 23.4 Å². The van der Waals surface area contributed by atoms with Gasteiger partial charge in [0.2, 0.25) is 5.95 Å². The number of aromatic nitrogens is 2. The molecule has 0 bridgehead atoms. The Labute approximate surface area is 124 Å². The Kier molecular flexibility index (Phi) is 5.61. The molecule has 0 fully saturated rings. The predicted octanol–water partition coefficient (Wildman–Crippen LogP) is 2.52. The van der Waals surface area contributed by atoms with E-state index < -0.39 is 0 Å².